The maximum absolute atomic E-state index is 14.4. The molecule has 218 valence electrons. The van der Waals surface area contributed by atoms with Crippen LogP contribution in [0, 0.1) is 28.9 Å². The number of carbonyl (C=O) groups excluding carboxylic acids is 3. The molecular weight excluding hydrogens is 558 g/mol. The Morgan fingerprint density at radius 3 is 2.07 bits per heavy atom. The van der Waals surface area contributed by atoms with Gasteiger partial charge in [-0.25, -0.2) is 9.69 Å². The summed E-state index contributed by atoms with van der Waals surface area (Å²) in [5, 5.41) is 11.3. The minimum absolute atomic E-state index is 0.141. The van der Waals surface area contributed by atoms with Gasteiger partial charge >= 0.3 is 5.97 Å². The Hall–Kier alpha value is -5.57. The Kier molecular flexibility index (Phi) is 6.58. The summed E-state index contributed by atoms with van der Waals surface area (Å²) in [6, 6.07) is 28.7. The maximum atomic E-state index is 14.4. The normalized spacial score (nSPS) is 21.7. The van der Waals surface area contributed by atoms with Crippen molar-refractivity contribution >= 4 is 40.9 Å². The summed E-state index contributed by atoms with van der Waals surface area (Å²) in [4.78, 5) is 56.6. The van der Waals surface area contributed by atoms with Gasteiger partial charge in [-0.1, -0.05) is 91.0 Å². The predicted molar refractivity (Wildman–Crippen MR) is 164 cm³/mol. The van der Waals surface area contributed by atoms with Crippen LogP contribution < -0.4 is 9.80 Å². The number of hydrogen-bond donors (Lipinski definition) is 0. The van der Waals surface area contributed by atoms with Crippen LogP contribution in [0.2, 0.25) is 0 Å². The minimum atomic E-state index is -1.09. The van der Waals surface area contributed by atoms with E-state index in [-0.39, 0.29) is 11.4 Å². The average molecular weight is 586 g/mol. The number of para-hydroxylation sites is 1. The second-order valence-electron chi connectivity index (χ2n) is 11.2. The Morgan fingerprint density at radius 2 is 1.43 bits per heavy atom. The monoisotopic (exact) mass is 585 g/mol. The van der Waals surface area contributed by atoms with Crippen LogP contribution in [0.5, 0.6) is 0 Å². The van der Waals surface area contributed by atoms with Crippen molar-refractivity contribution in [1.29, 1.82) is 0 Å². The van der Waals surface area contributed by atoms with Crippen LogP contribution in [0.1, 0.15) is 28.4 Å². The highest BCUT2D eigenvalue weighted by molar-refractivity contribution is 6.25. The molecular formula is C35H27N3O6. The number of hydrogen-bond acceptors (Lipinski definition) is 7. The predicted octanol–water partition coefficient (Wildman–Crippen LogP) is 5.63. The van der Waals surface area contributed by atoms with Crippen LogP contribution in [0.25, 0.3) is 6.08 Å². The molecule has 0 N–H and O–H groups in total. The van der Waals surface area contributed by atoms with Crippen molar-refractivity contribution in [3.05, 3.63) is 142 Å². The summed E-state index contributed by atoms with van der Waals surface area (Å²) >= 11 is 0. The first kappa shape index (κ1) is 27.3. The fraction of sp³-hybridized carbons (Fsp3) is 0.171. The number of esters is 1. The molecule has 0 bridgehead atoms. The van der Waals surface area contributed by atoms with E-state index >= 15 is 0 Å². The summed E-state index contributed by atoms with van der Waals surface area (Å²) in [6.45, 7) is 1.62. The molecule has 9 nitrogen and oxygen atoms in total. The van der Waals surface area contributed by atoms with E-state index in [4.69, 9.17) is 4.74 Å². The second-order valence-corrected chi connectivity index (χ2v) is 11.2. The van der Waals surface area contributed by atoms with Crippen LogP contribution in [0.4, 0.5) is 17.1 Å². The Balaban J connectivity index is 1.32. The number of imide groups is 1. The molecule has 3 aliphatic heterocycles. The van der Waals surface area contributed by atoms with E-state index in [1.54, 1.807) is 6.92 Å². The van der Waals surface area contributed by atoms with Gasteiger partial charge in [-0.2, -0.15) is 0 Å². The molecule has 3 heterocycles. The number of ether oxygens (including phenoxy) is 1. The van der Waals surface area contributed by atoms with Crippen LogP contribution in [0.3, 0.4) is 0 Å². The Labute approximate surface area is 253 Å². The molecule has 0 unspecified atom stereocenters. The minimum Gasteiger partial charge on any atom is -0.451 e. The molecule has 7 rings (SSSR count). The lowest BCUT2D eigenvalue weighted by Crippen LogP contribution is -2.49. The number of amides is 2. The van der Waals surface area contributed by atoms with Gasteiger partial charge in [0.2, 0.25) is 11.8 Å². The van der Waals surface area contributed by atoms with Crippen molar-refractivity contribution in [1.82, 2.24) is 0 Å². The van der Waals surface area contributed by atoms with Gasteiger partial charge in [0.05, 0.1) is 28.5 Å². The summed E-state index contributed by atoms with van der Waals surface area (Å²) in [7, 11) is 0. The Bertz CT molecular complexity index is 1800. The standard InChI is InChI=1S/C35H27N3O6/c1-21-20-25(38(42)43)17-19-26(21)37-33(39)29-28-18-16-22-10-8-9-15-27(22)36(28)31(30(29)34(37)40)35(41)44-32(23-11-4-2-5-12-23)24-13-6-3-7-14-24/h2-20,28-32H,1H3/t28-,29+,30-,31+/m1/s1. The number of nitro benzene ring substituents is 1. The summed E-state index contributed by atoms with van der Waals surface area (Å²) in [6.07, 6.45) is 3.05. The molecule has 2 amide bonds. The number of non-ortho nitro benzene ring substituents is 1. The molecule has 0 radical (unpaired) electrons. The second kappa shape index (κ2) is 10.6. The third-order valence-electron chi connectivity index (χ3n) is 8.73. The van der Waals surface area contributed by atoms with Gasteiger partial charge in [0, 0.05) is 17.8 Å². The molecule has 3 aliphatic rings. The van der Waals surface area contributed by atoms with Gasteiger partial charge in [-0.15, -0.1) is 0 Å². The fourth-order valence-corrected chi connectivity index (χ4v) is 6.80. The number of aryl methyl sites for hydroxylation is 1. The highest BCUT2D eigenvalue weighted by Gasteiger charge is 2.65. The van der Waals surface area contributed by atoms with E-state index in [1.165, 1.54) is 18.2 Å². The largest absolute Gasteiger partial charge is 0.451 e. The lowest BCUT2D eigenvalue weighted by atomic mass is 9.88. The maximum Gasteiger partial charge on any atom is 0.330 e. The number of nitro groups is 1. The van der Waals surface area contributed by atoms with E-state index in [0.29, 0.717) is 5.56 Å². The molecule has 0 saturated carbocycles. The van der Waals surface area contributed by atoms with Crippen LogP contribution in [0.15, 0.2) is 109 Å². The molecule has 2 saturated heterocycles. The zero-order valence-corrected chi connectivity index (χ0v) is 23.6. The van der Waals surface area contributed by atoms with Gasteiger partial charge < -0.3 is 9.64 Å². The van der Waals surface area contributed by atoms with Crippen molar-refractivity contribution in [3.63, 3.8) is 0 Å². The first-order chi connectivity index (χ1) is 21.3. The van der Waals surface area contributed by atoms with Crippen LogP contribution in [-0.2, 0) is 19.1 Å². The molecule has 4 atom stereocenters. The van der Waals surface area contributed by atoms with Gasteiger partial charge in [-0.05, 0) is 41.3 Å². The van der Waals surface area contributed by atoms with Crippen molar-refractivity contribution in [2.45, 2.75) is 25.1 Å². The molecule has 0 aromatic heterocycles. The van der Waals surface area contributed by atoms with Gasteiger partial charge in [-0.3, -0.25) is 19.7 Å². The molecule has 4 aromatic rings. The smallest absolute Gasteiger partial charge is 0.330 e. The zero-order valence-electron chi connectivity index (χ0n) is 23.6. The molecule has 4 aromatic carbocycles. The van der Waals surface area contributed by atoms with E-state index in [0.717, 1.165) is 27.3 Å². The zero-order chi connectivity index (χ0) is 30.5. The van der Waals surface area contributed by atoms with Crippen molar-refractivity contribution in [3.8, 4) is 0 Å². The highest BCUT2D eigenvalue weighted by atomic mass is 16.6. The number of anilines is 2. The summed E-state index contributed by atoms with van der Waals surface area (Å²) in [5.41, 5.74) is 3.69. The van der Waals surface area contributed by atoms with E-state index in [1.807, 2.05) is 102 Å². The summed E-state index contributed by atoms with van der Waals surface area (Å²) < 4.78 is 6.31. The first-order valence-corrected chi connectivity index (χ1v) is 14.3. The van der Waals surface area contributed by atoms with E-state index < -0.39 is 52.7 Å². The van der Waals surface area contributed by atoms with Crippen LogP contribution >= 0.6 is 0 Å². The number of fused-ring (bicyclic) bond motifs is 5. The Morgan fingerprint density at radius 1 is 0.818 bits per heavy atom. The SMILES string of the molecule is Cc1cc([N+](=O)[O-])ccc1N1C(=O)[C@@H]2[C@@H](C1=O)[C@@H](C(=O)OC(c1ccccc1)c1ccccc1)N1c3ccccc3C=C[C@H]21. The van der Waals surface area contributed by atoms with Crippen LogP contribution in [-0.4, -0.2) is 34.8 Å². The highest BCUT2D eigenvalue weighted by Crippen LogP contribution is 2.50. The van der Waals surface area contributed by atoms with E-state index in [2.05, 4.69) is 0 Å². The third kappa shape index (κ3) is 4.27. The topological polar surface area (TPSA) is 110 Å². The van der Waals surface area contributed by atoms with Crippen molar-refractivity contribution < 1.29 is 24.0 Å². The summed E-state index contributed by atoms with van der Waals surface area (Å²) in [5.74, 6) is -3.48. The molecule has 9 heteroatoms. The quantitative estimate of drug-likeness (QED) is 0.125. The van der Waals surface area contributed by atoms with Crippen molar-refractivity contribution in [2.75, 3.05) is 9.80 Å². The number of benzene rings is 4. The average Bonchev–Trinajstić information content (AvgIpc) is 3.53. The fourth-order valence-electron chi connectivity index (χ4n) is 6.80. The number of nitrogens with zero attached hydrogens (tertiary/aromatic N) is 3. The lowest BCUT2D eigenvalue weighted by Gasteiger charge is -2.36. The van der Waals surface area contributed by atoms with Crippen molar-refractivity contribution in [2.24, 2.45) is 11.8 Å². The lowest BCUT2D eigenvalue weighted by molar-refractivity contribution is -0.384. The van der Waals surface area contributed by atoms with E-state index in [9.17, 15) is 24.5 Å². The number of carbonyl (C=O) groups is 3. The molecule has 2 fully saturated rings. The third-order valence-corrected chi connectivity index (χ3v) is 8.73. The van der Waals surface area contributed by atoms with Gasteiger partial charge in [0.25, 0.3) is 5.69 Å². The molecule has 0 aliphatic carbocycles. The number of rotatable bonds is 6. The first-order valence-electron chi connectivity index (χ1n) is 14.3. The van der Waals surface area contributed by atoms with Gasteiger partial charge in [0.15, 0.2) is 6.10 Å². The molecule has 44 heavy (non-hydrogen) atoms. The van der Waals surface area contributed by atoms with Gasteiger partial charge in [0.1, 0.15) is 6.04 Å². The molecule has 0 spiro atoms.